The highest BCUT2D eigenvalue weighted by Gasteiger charge is 1.84. The number of terminal acetylenes is 1. The van der Waals surface area contributed by atoms with Crippen LogP contribution in [-0.4, -0.2) is 13.1 Å². The van der Waals surface area contributed by atoms with Gasteiger partial charge in [-0.25, -0.2) is 4.79 Å². The summed E-state index contributed by atoms with van der Waals surface area (Å²) in [5.41, 5.74) is 0. The zero-order valence-electron chi connectivity index (χ0n) is 17.5. The maximum atomic E-state index is 10.0. The molecule has 0 rings (SSSR count). The SMILES string of the molecule is C#CC.CC.CC#CC.CC#CC(=O)OC.S=S.S=S=S=S=S=S=S=S=S=S=S=S=S. The Morgan fingerprint density at radius 2 is 0.968 bits per heavy atom. The molecule has 0 aromatic heterocycles. The fraction of sp³-hybridized carbons (Fsp3) is 0.500. The van der Waals surface area contributed by atoms with Gasteiger partial charge in [-0.15, -0.1) is 24.2 Å². The Hall–Kier alpha value is 1.45. The molecule has 0 saturated heterocycles. The molecule has 180 valence electrons. The van der Waals surface area contributed by atoms with E-state index in [0.29, 0.717) is 0 Å². The lowest BCUT2D eigenvalue weighted by Crippen LogP contribution is -1.93. The molecular formula is C14H22O2S15. The maximum Gasteiger partial charge on any atom is 0.384 e. The van der Waals surface area contributed by atoms with Crippen LogP contribution >= 0.6 is 0 Å². The van der Waals surface area contributed by atoms with Gasteiger partial charge in [0.05, 0.1) is 7.11 Å². The van der Waals surface area contributed by atoms with Gasteiger partial charge in [0.15, 0.2) is 0 Å². The molecule has 0 aliphatic carbocycles. The minimum Gasteiger partial charge on any atom is -0.459 e. The van der Waals surface area contributed by atoms with Gasteiger partial charge in [0.2, 0.25) is 0 Å². The molecule has 0 radical (unpaired) electrons. The number of rotatable bonds is 0. The summed E-state index contributed by atoms with van der Waals surface area (Å²) in [7, 11) is 19.4. The zero-order valence-corrected chi connectivity index (χ0v) is 29.8. The highest BCUT2D eigenvalue weighted by molar-refractivity contribution is 8.75. The predicted molar refractivity (Wildman–Crippen MR) is 181 cm³/mol. The van der Waals surface area contributed by atoms with Gasteiger partial charge >= 0.3 is 5.97 Å². The van der Waals surface area contributed by atoms with E-state index in [0.717, 1.165) is 0 Å². The van der Waals surface area contributed by atoms with Gasteiger partial charge in [0, 0.05) is 148 Å². The Balaban J connectivity index is -0.0000000730. The highest BCUT2D eigenvalue weighted by atomic mass is 33.5. The smallest absolute Gasteiger partial charge is 0.384 e. The van der Waals surface area contributed by atoms with Crippen LogP contribution in [0.2, 0.25) is 0 Å². The van der Waals surface area contributed by atoms with Crippen LogP contribution in [0.25, 0.3) is 0 Å². The van der Waals surface area contributed by atoms with Crippen molar-refractivity contribution in [3.8, 4) is 36.0 Å². The summed E-state index contributed by atoms with van der Waals surface area (Å²) in [5.74, 6) is 11.7. The molecule has 0 amide bonds. The maximum absolute atomic E-state index is 10.0. The van der Waals surface area contributed by atoms with Crippen LogP contribution in [0.15, 0.2) is 0 Å². The van der Waals surface area contributed by atoms with E-state index < -0.39 is 5.97 Å². The molecule has 0 N–H and O–H groups in total. The van der Waals surface area contributed by atoms with Gasteiger partial charge in [-0.1, -0.05) is 19.8 Å². The van der Waals surface area contributed by atoms with E-state index in [1.165, 1.54) is 24.9 Å². The molecule has 0 aromatic rings. The molecule has 0 aromatic carbocycles. The Morgan fingerprint density at radius 3 is 1.10 bits per heavy atom. The Kier molecular flexibility index (Phi) is 93.8. The first-order valence-corrected chi connectivity index (χ1v) is 24.4. The summed E-state index contributed by atoms with van der Waals surface area (Å²) in [4.78, 5) is 10.0. The van der Waals surface area contributed by atoms with Crippen LogP contribution in [0.1, 0.15) is 41.5 Å². The van der Waals surface area contributed by atoms with E-state index in [2.05, 4.69) is 63.1 Å². The molecule has 0 heterocycles. The molecule has 0 aliphatic heterocycles. The Morgan fingerprint density at radius 1 is 0.710 bits per heavy atom. The van der Waals surface area contributed by atoms with Gasteiger partial charge in [-0.2, -0.15) is 0 Å². The summed E-state index contributed by atoms with van der Waals surface area (Å²) < 4.78 is 4.18. The number of carbonyl (C=O) groups excluding carboxylic acids is 1. The monoisotopic (exact) mass is 702 g/mol. The topological polar surface area (TPSA) is 26.3 Å². The second-order valence-electron chi connectivity index (χ2n) is 2.40. The average molecular weight is 703 g/mol. The van der Waals surface area contributed by atoms with Crippen molar-refractivity contribution in [2.45, 2.75) is 41.5 Å². The number of esters is 1. The van der Waals surface area contributed by atoms with Crippen molar-refractivity contribution in [3.63, 3.8) is 0 Å². The van der Waals surface area contributed by atoms with Crippen LogP contribution < -0.4 is 0 Å². The van der Waals surface area contributed by atoms with Crippen LogP contribution in [-0.2, 0) is 152 Å². The van der Waals surface area contributed by atoms with Crippen LogP contribution in [0, 0.1) is 36.0 Å². The number of carbonyl (C=O) groups is 1. The minimum atomic E-state index is -0.484. The van der Waals surface area contributed by atoms with Crippen molar-refractivity contribution in [3.05, 3.63) is 0 Å². The van der Waals surface area contributed by atoms with Gasteiger partial charge in [0.1, 0.15) is 0 Å². The summed E-state index contributed by atoms with van der Waals surface area (Å²) >= 11 is 16.7. The Labute approximate surface area is 239 Å². The predicted octanol–water partition coefficient (Wildman–Crippen LogP) is 2.84. The van der Waals surface area contributed by atoms with Crippen LogP contribution in [0.3, 0.4) is 0 Å². The van der Waals surface area contributed by atoms with E-state index in [4.69, 9.17) is 22.4 Å². The molecule has 0 fully saturated rings. The molecule has 0 unspecified atom stereocenters. The molecule has 17 heteroatoms. The minimum absolute atomic E-state index is 0.484. The molecule has 31 heavy (non-hydrogen) atoms. The summed E-state index contributed by atoms with van der Waals surface area (Å²) in [6, 6.07) is 0. The first-order valence-electron chi connectivity index (χ1n) is 7.02. The molecule has 0 spiro atoms. The lowest BCUT2D eigenvalue weighted by atomic mass is 10.6. The molecule has 0 saturated carbocycles. The third kappa shape index (κ3) is 89.6. The van der Waals surface area contributed by atoms with Crippen molar-refractivity contribution in [1.82, 2.24) is 0 Å². The van der Waals surface area contributed by atoms with Crippen molar-refractivity contribution < 1.29 is 9.53 Å². The molecular weight excluding hydrogens is 681 g/mol. The second kappa shape index (κ2) is 63.4. The number of ether oxygens (including phenoxy) is 1. The van der Waals surface area contributed by atoms with Crippen molar-refractivity contribution in [2.75, 3.05) is 7.11 Å². The van der Waals surface area contributed by atoms with Crippen molar-refractivity contribution >= 4 is 148 Å². The van der Waals surface area contributed by atoms with Crippen LogP contribution in [0.4, 0.5) is 0 Å². The lowest BCUT2D eigenvalue weighted by molar-refractivity contribution is -0.133. The molecule has 2 nitrogen and oxygen atoms in total. The average Bonchev–Trinajstić information content (AvgIpc) is 2.82. The van der Waals surface area contributed by atoms with Gasteiger partial charge < -0.3 is 4.74 Å². The lowest BCUT2D eigenvalue weighted by Gasteiger charge is -1.81. The fourth-order valence-electron chi connectivity index (χ4n) is 0.255. The normalized spacial score (nSPS) is 5.35. The van der Waals surface area contributed by atoms with Crippen LogP contribution in [0.5, 0.6) is 0 Å². The van der Waals surface area contributed by atoms with Crippen molar-refractivity contribution in [1.29, 1.82) is 0 Å². The second-order valence-corrected chi connectivity index (χ2v) is 21.9. The highest BCUT2D eigenvalue weighted by Crippen LogP contribution is 1.64. The summed E-state index contributed by atoms with van der Waals surface area (Å²) in [6.45, 7) is 10.9. The molecule has 0 aliphatic rings. The first-order chi connectivity index (χ1) is 15.1. The fourth-order valence-corrected chi connectivity index (χ4v) is 25.0. The molecule has 0 bridgehead atoms. The Bertz CT molecular complexity index is 988. The number of methoxy groups -OCH3 is 1. The number of hydrogen-bond donors (Lipinski definition) is 0. The van der Waals surface area contributed by atoms with Crippen molar-refractivity contribution in [2.24, 2.45) is 0 Å². The first kappa shape index (κ1) is 45.9. The quantitative estimate of drug-likeness (QED) is 0.219. The summed E-state index contributed by atoms with van der Waals surface area (Å²) in [5, 5.41) is 0. The third-order valence-electron chi connectivity index (χ3n) is 0.940. The summed E-state index contributed by atoms with van der Waals surface area (Å²) in [6.07, 6.45) is 4.60. The van der Waals surface area contributed by atoms with E-state index in [9.17, 15) is 4.79 Å². The standard InChI is InChI=1S/C5H6O2.C4H6.C3H4.C2H6.S13.S2/c1-3-4-5(6)7-2;1-3-4-2;1-3-2;1-2;1-3-5-7-9-11-13-12-10-8-6-4-2;1-2/h1-2H3;1-2H3;1H,2H3;1-2H3;;. The van der Waals surface area contributed by atoms with Gasteiger partial charge in [-0.3, -0.25) is 0 Å². The largest absolute Gasteiger partial charge is 0.459 e. The third-order valence-corrected chi connectivity index (χ3v) is 23.2. The zero-order chi connectivity index (χ0) is 25.6. The van der Waals surface area contributed by atoms with E-state index >= 15 is 0 Å². The van der Waals surface area contributed by atoms with Gasteiger partial charge in [-0.05, 0) is 27.7 Å². The number of hydrogen-bond acceptors (Lipinski definition) is 6. The van der Waals surface area contributed by atoms with E-state index in [1.54, 1.807) is 93.8 Å². The molecule has 0 atom stereocenters. The van der Waals surface area contributed by atoms with E-state index in [1.807, 2.05) is 27.7 Å². The van der Waals surface area contributed by atoms with E-state index in [-0.39, 0.29) is 0 Å². The van der Waals surface area contributed by atoms with Gasteiger partial charge in [0.25, 0.3) is 0 Å².